The molecule has 3 heterocycles. The second kappa shape index (κ2) is 4.18. The predicted octanol–water partition coefficient (Wildman–Crippen LogP) is 0.541. The van der Waals surface area contributed by atoms with E-state index in [1.165, 1.54) is 5.56 Å². The number of hydrogen-bond acceptors (Lipinski definition) is 3. The highest BCUT2D eigenvalue weighted by atomic mass is 16.1. The third-order valence-corrected chi connectivity index (χ3v) is 3.10. The molecule has 1 saturated heterocycles. The van der Waals surface area contributed by atoms with Crippen molar-refractivity contribution < 1.29 is 4.79 Å². The lowest BCUT2D eigenvalue weighted by atomic mass is 10.2. The number of pyridine rings is 1. The summed E-state index contributed by atoms with van der Waals surface area (Å²) in [6, 6.07) is 4.22. The van der Waals surface area contributed by atoms with Crippen LogP contribution in [0.1, 0.15) is 12.0 Å². The maximum Gasteiger partial charge on any atom is 0.221 e. The van der Waals surface area contributed by atoms with Crippen molar-refractivity contribution in [2.45, 2.75) is 19.0 Å². The van der Waals surface area contributed by atoms with Gasteiger partial charge in [0.1, 0.15) is 5.65 Å². The Kier molecular flexibility index (Phi) is 2.53. The molecule has 1 atom stereocenters. The van der Waals surface area contributed by atoms with Crippen molar-refractivity contribution >= 4 is 16.9 Å². The largest absolute Gasteiger partial charge is 0.354 e. The molecule has 0 aliphatic carbocycles. The van der Waals surface area contributed by atoms with E-state index in [1.54, 1.807) is 6.20 Å². The van der Waals surface area contributed by atoms with Gasteiger partial charge in [-0.05, 0) is 17.7 Å². The van der Waals surface area contributed by atoms with Gasteiger partial charge < -0.3 is 15.6 Å². The highest BCUT2D eigenvalue weighted by molar-refractivity contribution is 5.80. The van der Waals surface area contributed by atoms with Gasteiger partial charge in [0.05, 0.1) is 0 Å². The Balaban J connectivity index is 1.71. The second-order valence-corrected chi connectivity index (χ2v) is 4.30. The van der Waals surface area contributed by atoms with Crippen molar-refractivity contribution in [1.29, 1.82) is 0 Å². The standard InChI is InChI=1S/C12H14N4O/c17-11-4-9(7-15-11)14-5-8-6-16-12-10(8)2-1-3-13-12/h1-3,6,9,14H,4-5,7H2,(H,13,16)(H,15,17). The SMILES string of the molecule is O=C1CC(NCc2c[nH]c3ncccc23)CN1. The molecule has 0 radical (unpaired) electrons. The molecule has 1 amide bonds. The average Bonchev–Trinajstić information content (AvgIpc) is 2.93. The zero-order valence-corrected chi connectivity index (χ0v) is 9.36. The molecule has 1 unspecified atom stereocenters. The van der Waals surface area contributed by atoms with Gasteiger partial charge >= 0.3 is 0 Å². The van der Waals surface area contributed by atoms with Crippen LogP contribution in [0.4, 0.5) is 0 Å². The molecule has 5 nitrogen and oxygen atoms in total. The third-order valence-electron chi connectivity index (χ3n) is 3.10. The number of rotatable bonds is 3. The highest BCUT2D eigenvalue weighted by Crippen LogP contribution is 2.15. The number of fused-ring (bicyclic) bond motifs is 1. The van der Waals surface area contributed by atoms with Crippen molar-refractivity contribution in [2.75, 3.05) is 6.54 Å². The van der Waals surface area contributed by atoms with E-state index in [0.717, 1.165) is 24.1 Å². The van der Waals surface area contributed by atoms with Gasteiger partial charge in [0.15, 0.2) is 0 Å². The minimum absolute atomic E-state index is 0.128. The zero-order chi connectivity index (χ0) is 11.7. The summed E-state index contributed by atoms with van der Waals surface area (Å²) < 4.78 is 0. The number of carbonyl (C=O) groups excluding carboxylic acids is 1. The van der Waals surface area contributed by atoms with E-state index in [2.05, 4.69) is 20.6 Å². The fourth-order valence-corrected chi connectivity index (χ4v) is 2.16. The minimum atomic E-state index is 0.128. The summed E-state index contributed by atoms with van der Waals surface area (Å²) in [5.41, 5.74) is 2.09. The number of aromatic nitrogens is 2. The number of H-pyrrole nitrogens is 1. The van der Waals surface area contributed by atoms with Gasteiger partial charge in [0, 0.05) is 43.3 Å². The molecule has 0 aromatic carbocycles. The van der Waals surface area contributed by atoms with Crippen LogP contribution in [0.5, 0.6) is 0 Å². The maximum atomic E-state index is 11.1. The van der Waals surface area contributed by atoms with E-state index < -0.39 is 0 Å². The third kappa shape index (κ3) is 2.01. The lowest BCUT2D eigenvalue weighted by Crippen LogP contribution is -2.30. The Morgan fingerprint density at radius 2 is 2.47 bits per heavy atom. The first kappa shape index (κ1) is 10.3. The summed E-state index contributed by atoms with van der Waals surface area (Å²) in [6.45, 7) is 1.48. The summed E-state index contributed by atoms with van der Waals surface area (Å²) in [7, 11) is 0. The van der Waals surface area contributed by atoms with Gasteiger partial charge in [-0.25, -0.2) is 4.98 Å². The zero-order valence-electron chi connectivity index (χ0n) is 9.36. The molecular weight excluding hydrogens is 216 g/mol. The molecule has 3 N–H and O–H groups in total. The number of carbonyl (C=O) groups is 1. The van der Waals surface area contributed by atoms with Crippen LogP contribution in [0.15, 0.2) is 24.5 Å². The van der Waals surface area contributed by atoms with Gasteiger partial charge in [-0.1, -0.05) is 0 Å². The fourth-order valence-electron chi connectivity index (χ4n) is 2.16. The van der Waals surface area contributed by atoms with Crippen molar-refractivity contribution in [2.24, 2.45) is 0 Å². The van der Waals surface area contributed by atoms with E-state index in [0.29, 0.717) is 6.42 Å². The number of amides is 1. The minimum Gasteiger partial charge on any atom is -0.354 e. The molecule has 2 aromatic rings. The topological polar surface area (TPSA) is 69.8 Å². The molecule has 17 heavy (non-hydrogen) atoms. The van der Waals surface area contributed by atoms with Crippen LogP contribution in [0, 0.1) is 0 Å². The number of aromatic amines is 1. The average molecular weight is 230 g/mol. The van der Waals surface area contributed by atoms with Crippen LogP contribution in [0.3, 0.4) is 0 Å². The van der Waals surface area contributed by atoms with Crippen molar-refractivity contribution in [1.82, 2.24) is 20.6 Å². The molecule has 5 heteroatoms. The summed E-state index contributed by atoms with van der Waals surface area (Å²) >= 11 is 0. The second-order valence-electron chi connectivity index (χ2n) is 4.30. The Hall–Kier alpha value is -1.88. The van der Waals surface area contributed by atoms with E-state index in [-0.39, 0.29) is 11.9 Å². The molecule has 2 aromatic heterocycles. The normalized spacial score (nSPS) is 19.8. The lowest BCUT2D eigenvalue weighted by molar-refractivity contribution is -0.119. The van der Waals surface area contributed by atoms with Gasteiger partial charge in [-0.2, -0.15) is 0 Å². The Morgan fingerprint density at radius 1 is 1.53 bits per heavy atom. The van der Waals surface area contributed by atoms with Gasteiger partial charge in [0.2, 0.25) is 5.91 Å². The summed E-state index contributed by atoms with van der Waals surface area (Å²) in [5.74, 6) is 0.128. The molecule has 0 saturated carbocycles. The van der Waals surface area contributed by atoms with Crippen LogP contribution in [-0.4, -0.2) is 28.5 Å². The smallest absolute Gasteiger partial charge is 0.221 e. The van der Waals surface area contributed by atoms with Crippen LogP contribution < -0.4 is 10.6 Å². The highest BCUT2D eigenvalue weighted by Gasteiger charge is 2.20. The molecule has 1 aliphatic heterocycles. The van der Waals surface area contributed by atoms with E-state index in [9.17, 15) is 4.79 Å². The first-order valence-electron chi connectivity index (χ1n) is 5.74. The number of nitrogens with zero attached hydrogens (tertiary/aromatic N) is 1. The predicted molar refractivity (Wildman–Crippen MR) is 64.3 cm³/mol. The van der Waals surface area contributed by atoms with Crippen molar-refractivity contribution in [3.05, 3.63) is 30.1 Å². The Morgan fingerprint density at radius 3 is 3.29 bits per heavy atom. The monoisotopic (exact) mass is 230 g/mol. The molecule has 0 bridgehead atoms. The quantitative estimate of drug-likeness (QED) is 0.721. The molecule has 1 fully saturated rings. The van der Waals surface area contributed by atoms with Crippen LogP contribution in [0.2, 0.25) is 0 Å². The lowest BCUT2D eigenvalue weighted by Gasteiger charge is -2.09. The number of hydrogen-bond donors (Lipinski definition) is 3. The van der Waals surface area contributed by atoms with E-state index >= 15 is 0 Å². The summed E-state index contributed by atoms with van der Waals surface area (Å²) in [6.07, 6.45) is 4.31. The van der Waals surface area contributed by atoms with Crippen LogP contribution in [0.25, 0.3) is 11.0 Å². The molecule has 0 spiro atoms. The molecule has 88 valence electrons. The van der Waals surface area contributed by atoms with Crippen LogP contribution >= 0.6 is 0 Å². The molecular formula is C12H14N4O. The Labute approximate surface area is 98.6 Å². The van der Waals surface area contributed by atoms with Crippen molar-refractivity contribution in [3.8, 4) is 0 Å². The Bertz CT molecular complexity index is 548. The van der Waals surface area contributed by atoms with Crippen molar-refractivity contribution in [3.63, 3.8) is 0 Å². The van der Waals surface area contributed by atoms with Gasteiger partial charge in [0.25, 0.3) is 0 Å². The number of nitrogens with one attached hydrogen (secondary N) is 3. The summed E-state index contributed by atoms with van der Waals surface area (Å²) in [4.78, 5) is 18.4. The van der Waals surface area contributed by atoms with E-state index in [4.69, 9.17) is 0 Å². The fraction of sp³-hybridized carbons (Fsp3) is 0.333. The maximum absolute atomic E-state index is 11.1. The summed E-state index contributed by atoms with van der Waals surface area (Å²) in [5, 5.41) is 7.33. The van der Waals surface area contributed by atoms with Gasteiger partial charge in [-0.3, -0.25) is 4.79 Å². The first-order chi connectivity index (χ1) is 8.33. The van der Waals surface area contributed by atoms with Gasteiger partial charge in [-0.15, -0.1) is 0 Å². The first-order valence-corrected chi connectivity index (χ1v) is 5.74. The van der Waals surface area contributed by atoms with E-state index in [1.807, 2.05) is 18.3 Å². The van der Waals surface area contributed by atoms with Crippen LogP contribution in [-0.2, 0) is 11.3 Å². The molecule has 3 rings (SSSR count). The molecule has 1 aliphatic rings.